The number of benzene rings is 4. The van der Waals surface area contributed by atoms with E-state index in [4.69, 9.17) is 30.2 Å². The molecule has 2 fully saturated rings. The van der Waals surface area contributed by atoms with Crippen LogP contribution in [0.3, 0.4) is 0 Å². The minimum atomic E-state index is -1.00. The smallest absolute Gasteiger partial charge is 0.702 e. The molecule has 2 saturated heterocycles. The van der Waals surface area contributed by atoms with E-state index in [-0.39, 0.29) is 41.4 Å². The number of alkyl halides is 1. The Bertz CT molecular complexity index is 3210. The van der Waals surface area contributed by atoms with Crippen LogP contribution in [-0.2, 0) is 54.3 Å². The minimum Gasteiger partial charge on any atom is -0.702 e. The normalized spacial score (nSPS) is 14.2. The summed E-state index contributed by atoms with van der Waals surface area (Å²) in [6, 6.07) is 31.8. The molecule has 2 spiro atoms. The molecule has 6 aromatic rings. The van der Waals surface area contributed by atoms with Crippen LogP contribution in [0.25, 0.3) is 11.4 Å². The van der Waals surface area contributed by atoms with Crippen molar-refractivity contribution in [2.24, 2.45) is 0 Å². The van der Waals surface area contributed by atoms with Crippen LogP contribution < -0.4 is 53.8 Å². The molecule has 4 aliphatic rings. The fraction of sp³-hybridized carbons (Fsp3) is 0.397. The first-order valence-electron chi connectivity index (χ1n) is 28.2. The van der Waals surface area contributed by atoms with E-state index in [2.05, 4.69) is 99.2 Å². The summed E-state index contributed by atoms with van der Waals surface area (Å²) in [5, 5.41) is 10.2. The summed E-state index contributed by atoms with van der Waals surface area (Å²) in [7, 11) is 10.9. The monoisotopic (exact) mass is 1180 g/mol. The maximum absolute atomic E-state index is 13.3. The molecule has 2 amide bonds. The molecule has 19 nitrogen and oxygen atoms in total. The van der Waals surface area contributed by atoms with Crippen LogP contribution in [0.5, 0.6) is 23.0 Å². The number of aliphatic carboxylic acids is 1. The molecule has 10 rings (SSSR count). The van der Waals surface area contributed by atoms with E-state index < -0.39 is 36.3 Å². The van der Waals surface area contributed by atoms with Gasteiger partial charge < -0.3 is 62.5 Å². The average Bonchev–Trinajstić information content (AvgIpc) is 1.39. The maximum Gasteiger partial charge on any atom is 1.00 e. The van der Waals surface area contributed by atoms with Crippen molar-refractivity contribution in [2.75, 3.05) is 75.7 Å². The Morgan fingerprint density at radius 2 is 1.09 bits per heavy atom. The van der Waals surface area contributed by atoms with Crippen LogP contribution in [-0.4, -0.2) is 148 Å². The van der Waals surface area contributed by atoms with Crippen LogP contribution in [0, 0.1) is 0 Å². The van der Waals surface area contributed by atoms with Crippen LogP contribution in [0.1, 0.15) is 121 Å². The molecule has 22 heteroatoms. The van der Waals surface area contributed by atoms with Gasteiger partial charge in [-0.3, -0.25) is 33.2 Å². The van der Waals surface area contributed by atoms with Gasteiger partial charge in [-0.05, 0) is 137 Å². The van der Waals surface area contributed by atoms with E-state index in [9.17, 15) is 28.4 Å². The van der Waals surface area contributed by atoms with Gasteiger partial charge in [0, 0.05) is 108 Å². The van der Waals surface area contributed by atoms with Gasteiger partial charge in [-0.1, -0.05) is 32.0 Å². The first kappa shape index (κ1) is 68.4. The fourth-order valence-corrected chi connectivity index (χ4v) is 10.4. The molecule has 0 aliphatic carbocycles. The number of methoxy groups -OCH3 is 2. The van der Waals surface area contributed by atoms with Gasteiger partial charge in [-0.15, -0.1) is 0 Å². The molecular formula is C63H79BFN6NaO13. The zero-order chi connectivity index (χ0) is 62.4. The second-order valence-electron chi connectivity index (χ2n) is 20.3. The van der Waals surface area contributed by atoms with Crippen molar-refractivity contribution in [1.29, 1.82) is 0 Å². The second kappa shape index (κ2) is 33.3. The number of carbonyl (C=O) groups is 6. The Morgan fingerprint density at radius 3 is 1.46 bits per heavy atom. The van der Waals surface area contributed by atoms with Crippen molar-refractivity contribution in [2.45, 2.75) is 90.9 Å². The van der Waals surface area contributed by atoms with Gasteiger partial charge in [0.2, 0.25) is 0 Å². The summed E-state index contributed by atoms with van der Waals surface area (Å²) >= 11 is 0. The van der Waals surface area contributed by atoms with E-state index in [0.717, 1.165) is 90.9 Å². The molecule has 450 valence electrons. The number of halogens is 1. The van der Waals surface area contributed by atoms with Gasteiger partial charge in [0.1, 0.15) is 37.0 Å². The number of aromatic nitrogens is 2. The maximum atomic E-state index is 13.3. The number of aldehydes is 1. The van der Waals surface area contributed by atoms with Crippen LogP contribution >= 0.6 is 0 Å². The molecule has 0 bridgehead atoms. The Hall–Kier alpha value is -7.43. The van der Waals surface area contributed by atoms with Gasteiger partial charge in [0.05, 0.1) is 45.5 Å². The molecule has 6 heterocycles. The number of carbonyl (C=O) groups excluding carboxylic acids is 5. The number of hydrogen-bond acceptors (Lipinski definition) is 14. The van der Waals surface area contributed by atoms with Gasteiger partial charge in [0.25, 0.3) is 29.7 Å². The fourth-order valence-electron chi connectivity index (χ4n) is 10.4. The van der Waals surface area contributed by atoms with Gasteiger partial charge in [0.15, 0.2) is 11.2 Å². The Kier molecular flexibility index (Phi) is 26.8. The van der Waals surface area contributed by atoms with Crippen molar-refractivity contribution >= 4 is 43.7 Å². The quantitative estimate of drug-likeness (QED) is 0.110. The predicted molar refractivity (Wildman–Crippen MR) is 319 cm³/mol. The second-order valence-corrected chi connectivity index (χ2v) is 20.3. The van der Waals surface area contributed by atoms with Crippen molar-refractivity contribution in [3.63, 3.8) is 0 Å². The molecule has 4 aromatic carbocycles. The van der Waals surface area contributed by atoms with E-state index in [1.807, 2.05) is 78.6 Å². The van der Waals surface area contributed by atoms with Gasteiger partial charge in [-0.2, -0.15) is 0 Å². The molecule has 85 heavy (non-hydrogen) atoms. The largest absolute Gasteiger partial charge is 1.00 e. The number of ether oxygens (including phenoxy) is 4. The third-order valence-electron chi connectivity index (χ3n) is 14.2. The van der Waals surface area contributed by atoms with Gasteiger partial charge >= 0.3 is 29.6 Å². The number of carboxylic acid groups (broad SMARTS) is 1. The average molecular weight is 1180 g/mol. The SMILES string of the molecule is CC(=O)O.CC(=O)O[B-]OC(C)=O.CCc1ccc(C(=O)N2CCC3(CC2)Oc2cc(C=O)ccc2-n2cccc23)cc1OC.CCc1ccc(C(=O)N2CCC3(CC2)Oc2cc(CN(C)C)ccc2-n2cccc23)cc1OC.CNC.[2H]CF.[Na+]. The van der Waals surface area contributed by atoms with Gasteiger partial charge in [-0.25, -0.2) is 0 Å². The third kappa shape index (κ3) is 17.8. The summed E-state index contributed by atoms with van der Waals surface area (Å²) in [6.07, 6.45) is 9.57. The topological polar surface area (TPSA) is 210 Å². The molecular weight excluding hydrogens is 1100 g/mol. The van der Waals surface area contributed by atoms with Crippen molar-refractivity contribution in [3.8, 4) is 34.4 Å². The molecule has 0 saturated carbocycles. The summed E-state index contributed by atoms with van der Waals surface area (Å²) in [4.78, 5) is 72.7. The molecule has 0 unspecified atom stereocenters. The Balaban J connectivity index is 0.000000282. The van der Waals surface area contributed by atoms with Crippen molar-refractivity contribution in [3.05, 3.63) is 154 Å². The zero-order valence-corrected chi connectivity index (χ0v) is 53.0. The number of piperidine rings is 2. The predicted octanol–water partition coefficient (Wildman–Crippen LogP) is 6.18. The van der Waals surface area contributed by atoms with Crippen molar-refractivity contribution < 1.29 is 97.4 Å². The van der Waals surface area contributed by atoms with E-state index in [0.29, 0.717) is 69.1 Å². The van der Waals surface area contributed by atoms with E-state index in [1.165, 1.54) is 25.1 Å². The minimum absolute atomic E-state index is 0. The number of amides is 2. The summed E-state index contributed by atoms with van der Waals surface area (Å²) in [6.45, 7) is 11.0. The van der Waals surface area contributed by atoms with Crippen LogP contribution in [0.4, 0.5) is 4.39 Å². The molecule has 4 aliphatic heterocycles. The standard InChI is InChI=1S/C28H33N3O3.C26H26N2O4.C4H6BO4.C2H7N.C2H4O2.CH3F.Na/c1-5-21-9-10-22(18-24(21)33-4)27(32)30-15-12-28(13-16-30)26-7-6-14-31(26)23-11-8-20(19-29(2)3)17-25(23)34-28;1-3-19-7-8-20(16-22(19)31-2)25(30)27-13-10-26(11-14-27)24-5-4-12-28(24)21-9-6-18(17-29)15-23(21)32-26;1-3(6)8-5-9-4(2)7;1-3-2;1-2(3)4;1-2;/h6-11,14,17-18H,5,12-13,15-16,19H2,1-4H3;4-9,12,15-17H,3,10-11,13-14H2,1-2H3;1-2H3;3H,1-2H3;1H3,(H,3,4);1H3;/q;;-1;;;;+1/i;;;;;1D;. The zero-order valence-electron chi connectivity index (χ0n) is 52.0. The molecule has 2 N–H and O–H groups in total. The van der Waals surface area contributed by atoms with Crippen molar-refractivity contribution in [1.82, 2.24) is 29.2 Å². The number of carboxylic acids is 1. The number of hydrogen-bond donors (Lipinski definition) is 2. The third-order valence-corrected chi connectivity index (χ3v) is 14.2. The Morgan fingerprint density at radius 1 is 0.694 bits per heavy atom. The first-order chi connectivity index (χ1) is 40.7. The number of aryl methyl sites for hydroxylation is 2. The van der Waals surface area contributed by atoms with E-state index in [1.54, 1.807) is 26.4 Å². The number of nitrogens with one attached hydrogen (secondary N) is 1. The Labute approximate surface area is 522 Å². The number of fused-ring (bicyclic) bond motifs is 8. The number of nitrogens with zero attached hydrogens (tertiary/aromatic N) is 5. The van der Waals surface area contributed by atoms with E-state index >= 15 is 0 Å². The number of likely N-dealkylation sites (tertiary alicyclic amines) is 2. The summed E-state index contributed by atoms with van der Waals surface area (Å²) in [5.41, 5.74) is 8.67. The first-order valence-corrected chi connectivity index (χ1v) is 27.5. The van der Waals surface area contributed by atoms with Crippen LogP contribution in [0.2, 0.25) is 0 Å². The summed E-state index contributed by atoms with van der Waals surface area (Å²) < 4.78 is 52.5. The molecule has 2 aromatic heterocycles. The van der Waals surface area contributed by atoms with Crippen LogP contribution in [0.15, 0.2) is 109 Å². The number of rotatable bonds is 11. The summed E-state index contributed by atoms with van der Waals surface area (Å²) in [5.74, 6) is 1.35. The molecule has 0 atom stereocenters. The molecule has 2 radical (unpaired) electrons.